The average Bonchev–Trinajstić information content (AvgIpc) is 2.99. The molecule has 0 aliphatic carbocycles. The van der Waals surface area contributed by atoms with E-state index in [4.69, 9.17) is 9.57 Å². The Balaban J connectivity index is 1.91. The van der Waals surface area contributed by atoms with Gasteiger partial charge in [-0.2, -0.15) is 4.73 Å². The van der Waals surface area contributed by atoms with Crippen molar-refractivity contribution in [2.45, 2.75) is 33.4 Å². The van der Waals surface area contributed by atoms with Crippen LogP contribution in [0.4, 0.5) is 0 Å². The third kappa shape index (κ3) is 3.99. The predicted molar refractivity (Wildman–Crippen MR) is 100.0 cm³/mol. The lowest BCUT2D eigenvalue weighted by atomic mass is 9.98. The summed E-state index contributed by atoms with van der Waals surface area (Å²) in [5.74, 6) is -0.985. The highest BCUT2D eigenvalue weighted by Gasteiger charge is 2.32. The molecule has 1 unspecified atom stereocenters. The number of piperazine rings is 1. The summed E-state index contributed by atoms with van der Waals surface area (Å²) in [6.07, 6.45) is 3.27. The molecule has 28 heavy (non-hydrogen) atoms. The van der Waals surface area contributed by atoms with Gasteiger partial charge in [0, 0.05) is 24.3 Å². The predicted octanol–water partition coefficient (Wildman–Crippen LogP) is 0.511. The molecule has 1 saturated heterocycles. The summed E-state index contributed by atoms with van der Waals surface area (Å²) in [6, 6.07) is 2.96. The number of pyridine rings is 1. The second-order valence-electron chi connectivity index (χ2n) is 7.72. The summed E-state index contributed by atoms with van der Waals surface area (Å²) in [7, 11) is 1.31. The van der Waals surface area contributed by atoms with Gasteiger partial charge in [-0.15, -0.1) is 0 Å². The fourth-order valence-electron chi connectivity index (χ4n) is 2.88. The molecule has 150 valence electrons. The van der Waals surface area contributed by atoms with Crippen molar-refractivity contribution >= 4 is 28.7 Å². The van der Waals surface area contributed by atoms with Crippen LogP contribution < -0.4 is 10.2 Å². The third-order valence-electron chi connectivity index (χ3n) is 4.51. The highest BCUT2D eigenvalue weighted by molar-refractivity contribution is 5.85. The van der Waals surface area contributed by atoms with E-state index in [0.717, 1.165) is 5.39 Å². The Morgan fingerprint density at radius 1 is 1.36 bits per heavy atom. The molecule has 1 amide bonds. The summed E-state index contributed by atoms with van der Waals surface area (Å²) in [4.78, 5) is 47.9. The maximum absolute atomic E-state index is 12.5. The van der Waals surface area contributed by atoms with E-state index in [0.29, 0.717) is 11.2 Å². The topological polar surface area (TPSA) is 103 Å². The summed E-state index contributed by atoms with van der Waals surface area (Å²) in [5, 5.41) is 3.64. The highest BCUT2D eigenvalue weighted by atomic mass is 16.7. The molecule has 3 rings (SSSR count). The molecule has 0 saturated carbocycles. The first-order chi connectivity index (χ1) is 13.2. The fourth-order valence-corrected chi connectivity index (χ4v) is 2.88. The van der Waals surface area contributed by atoms with E-state index in [9.17, 15) is 14.4 Å². The second kappa shape index (κ2) is 7.59. The van der Waals surface area contributed by atoms with Gasteiger partial charge in [0.2, 0.25) is 5.91 Å². The SMILES string of the molecule is COC(=O)C1CN(Cc2cc3cnccc3n2OC(=O)C(C)(C)C)C(=O)CN1. The molecule has 9 heteroatoms. The van der Waals surface area contributed by atoms with Crippen LogP contribution in [-0.2, 0) is 25.7 Å². The Morgan fingerprint density at radius 3 is 2.79 bits per heavy atom. The first kappa shape index (κ1) is 19.8. The lowest BCUT2D eigenvalue weighted by Crippen LogP contribution is -2.57. The number of nitrogens with zero attached hydrogens (tertiary/aromatic N) is 3. The summed E-state index contributed by atoms with van der Waals surface area (Å²) in [5.41, 5.74) is 0.594. The van der Waals surface area contributed by atoms with Crippen molar-refractivity contribution in [1.29, 1.82) is 0 Å². The van der Waals surface area contributed by atoms with Crippen LogP contribution in [0.15, 0.2) is 24.5 Å². The molecule has 1 aliphatic heterocycles. The number of esters is 1. The van der Waals surface area contributed by atoms with E-state index < -0.39 is 23.4 Å². The molecule has 0 bridgehead atoms. The summed E-state index contributed by atoms with van der Waals surface area (Å²) < 4.78 is 6.20. The van der Waals surface area contributed by atoms with Crippen molar-refractivity contribution < 1.29 is 24.0 Å². The molecule has 1 aliphatic rings. The monoisotopic (exact) mass is 388 g/mol. The van der Waals surface area contributed by atoms with Crippen molar-refractivity contribution in [1.82, 2.24) is 19.9 Å². The minimum Gasteiger partial charge on any atom is -0.468 e. The third-order valence-corrected chi connectivity index (χ3v) is 4.51. The Morgan fingerprint density at radius 2 is 2.11 bits per heavy atom. The number of methoxy groups -OCH3 is 1. The number of aromatic nitrogens is 2. The first-order valence-electron chi connectivity index (χ1n) is 8.97. The zero-order chi connectivity index (χ0) is 20.5. The van der Waals surface area contributed by atoms with Crippen LogP contribution in [-0.4, -0.2) is 58.7 Å². The molecule has 0 aromatic carbocycles. The molecule has 9 nitrogen and oxygen atoms in total. The smallest absolute Gasteiger partial charge is 0.338 e. The van der Waals surface area contributed by atoms with Gasteiger partial charge in [-0.25, -0.2) is 4.79 Å². The number of rotatable bonds is 4. The molecular formula is C19H24N4O5. The van der Waals surface area contributed by atoms with Gasteiger partial charge >= 0.3 is 11.9 Å². The zero-order valence-corrected chi connectivity index (χ0v) is 16.4. The highest BCUT2D eigenvalue weighted by Crippen LogP contribution is 2.22. The Hall–Kier alpha value is -2.94. The van der Waals surface area contributed by atoms with Crippen LogP contribution >= 0.6 is 0 Å². The van der Waals surface area contributed by atoms with Gasteiger partial charge in [-0.1, -0.05) is 0 Å². The zero-order valence-electron chi connectivity index (χ0n) is 16.4. The van der Waals surface area contributed by atoms with Crippen molar-refractivity contribution in [3.63, 3.8) is 0 Å². The molecule has 2 aromatic heterocycles. The molecule has 3 heterocycles. The standard InChI is InChI=1S/C19H24N4O5/c1-19(2,3)18(26)28-23-13(7-12-8-20-6-5-15(12)23)10-22-11-14(17(25)27-4)21-9-16(22)24/h5-8,14,21H,9-11H2,1-4H3. The number of fused-ring (bicyclic) bond motifs is 1. The number of hydrogen-bond acceptors (Lipinski definition) is 7. The summed E-state index contributed by atoms with van der Waals surface area (Å²) in [6.45, 7) is 5.68. The van der Waals surface area contributed by atoms with Gasteiger partial charge in [-0.3, -0.25) is 19.9 Å². The maximum atomic E-state index is 12.5. The quantitative estimate of drug-likeness (QED) is 0.762. The van der Waals surface area contributed by atoms with E-state index in [-0.39, 0.29) is 25.5 Å². The van der Waals surface area contributed by atoms with E-state index in [1.54, 1.807) is 44.1 Å². The number of hydrogen-bond donors (Lipinski definition) is 1. The lowest BCUT2D eigenvalue weighted by Gasteiger charge is -2.32. The van der Waals surface area contributed by atoms with Gasteiger partial charge < -0.3 is 14.5 Å². The Labute approximate surface area is 162 Å². The van der Waals surface area contributed by atoms with Gasteiger partial charge in [0.15, 0.2) is 0 Å². The number of carbonyl (C=O) groups excluding carboxylic acids is 3. The van der Waals surface area contributed by atoms with E-state index >= 15 is 0 Å². The molecule has 1 fully saturated rings. The number of nitrogens with one attached hydrogen (secondary N) is 1. The Kier molecular flexibility index (Phi) is 5.37. The van der Waals surface area contributed by atoms with Crippen LogP contribution in [0.25, 0.3) is 10.9 Å². The Bertz CT molecular complexity index is 915. The van der Waals surface area contributed by atoms with Crippen molar-refractivity contribution in [2.24, 2.45) is 5.41 Å². The largest absolute Gasteiger partial charge is 0.468 e. The molecule has 0 radical (unpaired) electrons. The molecular weight excluding hydrogens is 364 g/mol. The molecule has 1 N–H and O–H groups in total. The van der Waals surface area contributed by atoms with E-state index in [2.05, 4.69) is 10.3 Å². The van der Waals surface area contributed by atoms with E-state index in [1.165, 1.54) is 11.8 Å². The average molecular weight is 388 g/mol. The molecule has 0 spiro atoms. The minimum atomic E-state index is -0.693. The number of ether oxygens (including phenoxy) is 1. The van der Waals surface area contributed by atoms with Crippen LogP contribution in [0.2, 0.25) is 0 Å². The fraction of sp³-hybridized carbons (Fsp3) is 0.474. The van der Waals surface area contributed by atoms with Crippen molar-refractivity contribution in [3.05, 3.63) is 30.2 Å². The normalized spacial score (nSPS) is 17.6. The summed E-state index contributed by atoms with van der Waals surface area (Å²) >= 11 is 0. The maximum Gasteiger partial charge on any atom is 0.338 e. The van der Waals surface area contributed by atoms with Crippen molar-refractivity contribution in [2.75, 3.05) is 20.2 Å². The molecule has 1 atom stereocenters. The number of amides is 1. The van der Waals surface area contributed by atoms with Crippen molar-refractivity contribution in [3.8, 4) is 0 Å². The van der Waals surface area contributed by atoms with E-state index in [1.807, 2.05) is 6.07 Å². The van der Waals surface area contributed by atoms with Crippen LogP contribution in [0.3, 0.4) is 0 Å². The van der Waals surface area contributed by atoms with Gasteiger partial charge in [0.05, 0.1) is 36.8 Å². The van der Waals surface area contributed by atoms with Crippen LogP contribution in [0.1, 0.15) is 26.5 Å². The van der Waals surface area contributed by atoms with Gasteiger partial charge in [0.1, 0.15) is 6.04 Å². The van der Waals surface area contributed by atoms with Gasteiger partial charge in [-0.05, 0) is 32.9 Å². The van der Waals surface area contributed by atoms with Crippen LogP contribution in [0.5, 0.6) is 0 Å². The first-order valence-corrected chi connectivity index (χ1v) is 8.97. The number of carbonyl (C=O) groups is 3. The second-order valence-corrected chi connectivity index (χ2v) is 7.72. The molecule has 2 aromatic rings. The van der Waals surface area contributed by atoms with Gasteiger partial charge in [0.25, 0.3) is 0 Å². The minimum absolute atomic E-state index is 0.0311. The lowest BCUT2D eigenvalue weighted by molar-refractivity contribution is -0.153. The van der Waals surface area contributed by atoms with Crippen LogP contribution in [0, 0.1) is 5.41 Å².